The van der Waals surface area contributed by atoms with Gasteiger partial charge in [0.2, 0.25) is 0 Å². The highest BCUT2D eigenvalue weighted by Gasteiger charge is 2.05. The van der Waals surface area contributed by atoms with E-state index in [9.17, 15) is 4.79 Å². The van der Waals surface area contributed by atoms with Gasteiger partial charge < -0.3 is 0 Å². The fraction of sp³-hybridized carbons (Fsp3) is 0.167. The molecule has 0 radical (unpaired) electrons. The predicted octanol–water partition coefficient (Wildman–Crippen LogP) is 2.71. The molecule has 4 heteroatoms. The summed E-state index contributed by atoms with van der Waals surface area (Å²) in [6, 6.07) is 7.54. The highest BCUT2D eigenvalue weighted by molar-refractivity contribution is 6.29. The first-order valence-electron chi connectivity index (χ1n) is 4.90. The van der Waals surface area contributed by atoms with E-state index in [2.05, 4.69) is 16.3 Å². The van der Waals surface area contributed by atoms with Gasteiger partial charge in [0.1, 0.15) is 5.15 Å². The number of aryl methyl sites for hydroxylation is 2. The smallest absolute Gasteiger partial charge is 0.267 e. The van der Waals surface area contributed by atoms with Crippen LogP contribution in [0.1, 0.15) is 11.1 Å². The van der Waals surface area contributed by atoms with Crippen molar-refractivity contribution in [3.8, 4) is 11.1 Å². The Bertz CT molecular complexity index is 570. The largest absolute Gasteiger partial charge is 0.272 e. The maximum atomic E-state index is 11.6. The van der Waals surface area contributed by atoms with Gasteiger partial charge in [-0.3, -0.25) is 4.79 Å². The SMILES string of the molecule is Cc1cc(C)cc(-c2cc(Cl)n[nH]c2=O)c1. The molecule has 2 aromatic rings. The average molecular weight is 235 g/mol. The van der Waals surface area contributed by atoms with Gasteiger partial charge in [-0.05, 0) is 25.5 Å². The molecule has 1 heterocycles. The molecule has 0 unspecified atom stereocenters. The molecule has 82 valence electrons. The highest BCUT2D eigenvalue weighted by atomic mass is 35.5. The first-order valence-corrected chi connectivity index (χ1v) is 5.28. The zero-order valence-electron chi connectivity index (χ0n) is 9.04. The predicted molar refractivity (Wildman–Crippen MR) is 64.8 cm³/mol. The molecule has 1 aromatic heterocycles. The third kappa shape index (κ3) is 2.14. The number of nitrogens with zero attached hydrogens (tertiary/aromatic N) is 1. The number of rotatable bonds is 1. The van der Waals surface area contributed by atoms with Crippen LogP contribution < -0.4 is 5.56 Å². The van der Waals surface area contributed by atoms with Crippen LogP contribution in [-0.4, -0.2) is 10.2 Å². The summed E-state index contributed by atoms with van der Waals surface area (Å²) in [4.78, 5) is 11.6. The summed E-state index contributed by atoms with van der Waals surface area (Å²) in [5.74, 6) is 0. The Morgan fingerprint density at radius 3 is 2.38 bits per heavy atom. The van der Waals surface area contributed by atoms with Gasteiger partial charge in [0.25, 0.3) is 5.56 Å². The third-order valence-corrected chi connectivity index (χ3v) is 2.50. The average Bonchev–Trinajstić information content (AvgIpc) is 2.20. The molecule has 16 heavy (non-hydrogen) atoms. The Kier molecular flexibility index (Phi) is 2.79. The zero-order valence-corrected chi connectivity index (χ0v) is 9.80. The number of hydrogen-bond donors (Lipinski definition) is 1. The van der Waals surface area contributed by atoms with E-state index in [1.54, 1.807) is 6.07 Å². The molecule has 0 fully saturated rings. The normalized spacial score (nSPS) is 10.4. The van der Waals surface area contributed by atoms with E-state index < -0.39 is 0 Å². The highest BCUT2D eigenvalue weighted by Crippen LogP contribution is 2.20. The summed E-state index contributed by atoms with van der Waals surface area (Å²) in [7, 11) is 0. The van der Waals surface area contributed by atoms with Crippen molar-refractivity contribution in [2.75, 3.05) is 0 Å². The van der Waals surface area contributed by atoms with Crippen LogP contribution in [0.2, 0.25) is 5.15 Å². The van der Waals surface area contributed by atoms with Gasteiger partial charge in [-0.1, -0.05) is 40.9 Å². The van der Waals surface area contributed by atoms with Crippen LogP contribution in [0, 0.1) is 13.8 Å². The van der Waals surface area contributed by atoms with Crippen LogP contribution in [-0.2, 0) is 0 Å². The Balaban J connectivity index is 2.67. The van der Waals surface area contributed by atoms with Crippen LogP contribution in [0.4, 0.5) is 0 Å². The number of nitrogens with one attached hydrogen (secondary N) is 1. The maximum absolute atomic E-state index is 11.6. The zero-order chi connectivity index (χ0) is 11.7. The van der Waals surface area contributed by atoms with Gasteiger partial charge in [0.05, 0.1) is 5.56 Å². The molecule has 0 aliphatic heterocycles. The van der Waals surface area contributed by atoms with Crippen LogP contribution in [0.3, 0.4) is 0 Å². The minimum Gasteiger partial charge on any atom is -0.267 e. The van der Waals surface area contributed by atoms with Gasteiger partial charge in [-0.25, -0.2) is 5.10 Å². The lowest BCUT2D eigenvalue weighted by molar-refractivity contribution is 0.992. The Hall–Kier alpha value is -1.61. The van der Waals surface area contributed by atoms with Crippen molar-refractivity contribution in [3.63, 3.8) is 0 Å². The van der Waals surface area contributed by atoms with E-state index in [1.807, 2.05) is 26.0 Å². The minimum atomic E-state index is -0.227. The molecule has 0 amide bonds. The fourth-order valence-corrected chi connectivity index (χ4v) is 1.88. The first-order chi connectivity index (χ1) is 7.56. The molecule has 1 N–H and O–H groups in total. The summed E-state index contributed by atoms with van der Waals surface area (Å²) in [6.45, 7) is 3.99. The quantitative estimate of drug-likeness (QED) is 0.825. The van der Waals surface area contributed by atoms with Gasteiger partial charge >= 0.3 is 0 Å². The Morgan fingerprint density at radius 1 is 1.12 bits per heavy atom. The summed E-state index contributed by atoms with van der Waals surface area (Å²) < 4.78 is 0. The monoisotopic (exact) mass is 234 g/mol. The van der Waals surface area contributed by atoms with Crippen LogP contribution in [0.5, 0.6) is 0 Å². The molecule has 0 aliphatic carbocycles. The van der Waals surface area contributed by atoms with Crippen molar-refractivity contribution in [2.24, 2.45) is 0 Å². The second-order valence-electron chi connectivity index (χ2n) is 3.81. The molecule has 0 atom stereocenters. The molecule has 2 rings (SSSR count). The van der Waals surface area contributed by atoms with Crippen molar-refractivity contribution in [2.45, 2.75) is 13.8 Å². The van der Waals surface area contributed by atoms with Crippen LogP contribution >= 0.6 is 11.6 Å². The van der Waals surface area contributed by atoms with E-state index in [-0.39, 0.29) is 10.7 Å². The maximum Gasteiger partial charge on any atom is 0.272 e. The van der Waals surface area contributed by atoms with Gasteiger partial charge in [-0.15, -0.1) is 0 Å². The topological polar surface area (TPSA) is 45.8 Å². The van der Waals surface area contributed by atoms with E-state index in [1.165, 1.54) is 0 Å². The molecule has 0 bridgehead atoms. The molecule has 0 saturated heterocycles. The summed E-state index contributed by atoms with van der Waals surface area (Å²) in [5.41, 5.74) is 3.41. The number of hydrogen-bond acceptors (Lipinski definition) is 2. The molecule has 0 spiro atoms. The van der Waals surface area contributed by atoms with E-state index in [0.717, 1.165) is 16.7 Å². The van der Waals surface area contributed by atoms with Crippen molar-refractivity contribution >= 4 is 11.6 Å². The Morgan fingerprint density at radius 2 is 1.75 bits per heavy atom. The van der Waals surface area contributed by atoms with E-state index in [4.69, 9.17) is 11.6 Å². The molecular formula is C12H11ClN2O. The third-order valence-electron chi connectivity index (χ3n) is 2.31. The molecule has 3 nitrogen and oxygen atoms in total. The van der Waals surface area contributed by atoms with Crippen molar-refractivity contribution in [1.82, 2.24) is 10.2 Å². The van der Waals surface area contributed by atoms with Crippen LogP contribution in [0.15, 0.2) is 29.1 Å². The number of halogens is 1. The van der Waals surface area contributed by atoms with E-state index in [0.29, 0.717) is 5.56 Å². The second kappa shape index (κ2) is 4.10. The number of aromatic amines is 1. The first kappa shape index (κ1) is 10.9. The van der Waals surface area contributed by atoms with Gasteiger partial charge in [-0.2, -0.15) is 5.10 Å². The van der Waals surface area contributed by atoms with Crippen molar-refractivity contribution < 1.29 is 0 Å². The van der Waals surface area contributed by atoms with Crippen molar-refractivity contribution in [1.29, 1.82) is 0 Å². The standard InChI is InChI=1S/C12H11ClN2O/c1-7-3-8(2)5-9(4-7)10-6-11(13)14-15-12(10)16/h3-6H,1-2H3,(H,15,16). The lowest BCUT2D eigenvalue weighted by Crippen LogP contribution is -2.10. The molecular weight excluding hydrogens is 224 g/mol. The lowest BCUT2D eigenvalue weighted by atomic mass is 10.0. The lowest BCUT2D eigenvalue weighted by Gasteiger charge is -2.04. The summed E-state index contributed by atoms with van der Waals surface area (Å²) in [6.07, 6.45) is 0. The minimum absolute atomic E-state index is 0.227. The fourth-order valence-electron chi connectivity index (χ4n) is 1.73. The number of benzene rings is 1. The van der Waals surface area contributed by atoms with Crippen molar-refractivity contribution in [3.05, 3.63) is 50.9 Å². The number of H-pyrrole nitrogens is 1. The van der Waals surface area contributed by atoms with Gasteiger partial charge in [0.15, 0.2) is 0 Å². The molecule has 1 aromatic carbocycles. The number of aromatic nitrogens is 2. The van der Waals surface area contributed by atoms with Crippen LogP contribution in [0.25, 0.3) is 11.1 Å². The molecule has 0 aliphatic rings. The van der Waals surface area contributed by atoms with Gasteiger partial charge in [0, 0.05) is 0 Å². The summed E-state index contributed by atoms with van der Waals surface area (Å²) in [5, 5.41) is 6.29. The Labute approximate surface area is 98.1 Å². The van der Waals surface area contributed by atoms with E-state index >= 15 is 0 Å². The summed E-state index contributed by atoms with van der Waals surface area (Å²) >= 11 is 5.77. The second-order valence-corrected chi connectivity index (χ2v) is 4.20. The molecule has 0 saturated carbocycles.